The number of aromatic hydroxyl groups is 1. The molecule has 8 nitrogen and oxygen atoms in total. The molecule has 1 amide bonds. The molecule has 31 heavy (non-hydrogen) atoms. The lowest BCUT2D eigenvalue weighted by molar-refractivity contribution is 0.0995. The van der Waals surface area contributed by atoms with Gasteiger partial charge in [0.05, 0.1) is 19.3 Å². The number of aromatic nitrogens is 1. The van der Waals surface area contributed by atoms with Gasteiger partial charge in [-0.1, -0.05) is 15.9 Å². The molecular weight excluding hydrogens is 462 g/mol. The Bertz CT molecular complexity index is 1120. The van der Waals surface area contributed by atoms with Crippen LogP contribution in [-0.2, 0) is 6.67 Å². The highest BCUT2D eigenvalue weighted by Gasteiger charge is 2.21. The normalized spacial score (nSPS) is 15.7. The number of fused-ring (bicyclic) bond motifs is 1. The van der Waals surface area contributed by atoms with Gasteiger partial charge in [-0.3, -0.25) is 14.3 Å². The van der Waals surface area contributed by atoms with E-state index in [9.17, 15) is 9.90 Å². The van der Waals surface area contributed by atoms with Gasteiger partial charge >= 0.3 is 0 Å². The van der Waals surface area contributed by atoms with E-state index in [4.69, 9.17) is 4.74 Å². The summed E-state index contributed by atoms with van der Waals surface area (Å²) in [5.41, 5.74) is 1.52. The lowest BCUT2D eigenvalue weighted by Gasteiger charge is -2.32. The summed E-state index contributed by atoms with van der Waals surface area (Å²) in [7, 11) is 3.67. The van der Waals surface area contributed by atoms with Crippen molar-refractivity contribution in [1.82, 2.24) is 14.4 Å². The number of azo groups is 1. The molecule has 0 atom stereocenters. The van der Waals surface area contributed by atoms with Crippen molar-refractivity contribution in [3.05, 3.63) is 52.5 Å². The van der Waals surface area contributed by atoms with Crippen molar-refractivity contribution < 1.29 is 14.6 Å². The summed E-state index contributed by atoms with van der Waals surface area (Å²) in [6, 6.07) is 12.4. The zero-order valence-electron chi connectivity index (χ0n) is 17.5. The number of rotatable bonds is 5. The smallest absolute Gasteiger partial charge is 0.295 e. The number of hydrogen-bond donors (Lipinski definition) is 1. The summed E-state index contributed by atoms with van der Waals surface area (Å²) in [5.74, 6) is 0.165. The van der Waals surface area contributed by atoms with Crippen molar-refractivity contribution in [2.45, 2.75) is 6.67 Å². The number of hydrogen-bond acceptors (Lipinski definition) is 6. The van der Waals surface area contributed by atoms with Crippen molar-refractivity contribution >= 4 is 38.4 Å². The van der Waals surface area contributed by atoms with E-state index in [1.54, 1.807) is 31.4 Å². The first kappa shape index (κ1) is 21.5. The summed E-state index contributed by atoms with van der Waals surface area (Å²) in [5, 5.41) is 19.7. The molecule has 1 aliphatic heterocycles. The second-order valence-electron chi connectivity index (χ2n) is 7.56. The molecule has 0 spiro atoms. The highest BCUT2D eigenvalue weighted by molar-refractivity contribution is 9.10. The Labute approximate surface area is 188 Å². The first-order chi connectivity index (χ1) is 15.0. The van der Waals surface area contributed by atoms with Gasteiger partial charge in [0, 0.05) is 41.6 Å². The van der Waals surface area contributed by atoms with Crippen molar-refractivity contribution in [3.8, 4) is 11.6 Å². The number of nitrogens with zero attached hydrogens (tertiary/aromatic N) is 5. The van der Waals surface area contributed by atoms with Crippen molar-refractivity contribution in [3.63, 3.8) is 0 Å². The molecule has 1 aliphatic rings. The highest BCUT2D eigenvalue weighted by Crippen LogP contribution is 2.40. The van der Waals surface area contributed by atoms with E-state index >= 15 is 0 Å². The summed E-state index contributed by atoms with van der Waals surface area (Å²) in [6.07, 6.45) is 0. The van der Waals surface area contributed by atoms with E-state index in [0.29, 0.717) is 18.0 Å². The monoisotopic (exact) mass is 485 g/mol. The van der Waals surface area contributed by atoms with Crippen LogP contribution >= 0.6 is 15.9 Å². The number of carbonyl (C=O) groups excluding carboxylic acids is 1. The fourth-order valence-electron chi connectivity index (χ4n) is 3.61. The van der Waals surface area contributed by atoms with Crippen LogP contribution in [0.4, 0.5) is 5.69 Å². The molecule has 0 saturated carbocycles. The lowest BCUT2D eigenvalue weighted by atomic mass is 10.2. The van der Waals surface area contributed by atoms with E-state index in [2.05, 4.69) is 43.0 Å². The molecule has 1 fully saturated rings. The fourth-order valence-corrected chi connectivity index (χ4v) is 3.97. The van der Waals surface area contributed by atoms with Crippen LogP contribution in [0.5, 0.6) is 11.6 Å². The molecule has 2 heterocycles. The van der Waals surface area contributed by atoms with Gasteiger partial charge < -0.3 is 14.7 Å². The first-order valence-corrected chi connectivity index (χ1v) is 10.8. The van der Waals surface area contributed by atoms with Crippen LogP contribution in [0, 0.1) is 0 Å². The fraction of sp³-hybridized carbons (Fsp3) is 0.318. The second-order valence-corrected chi connectivity index (χ2v) is 8.47. The maximum absolute atomic E-state index is 12.5. The summed E-state index contributed by atoms with van der Waals surface area (Å²) in [4.78, 5) is 17.0. The molecule has 4 rings (SSSR count). The predicted octanol–water partition coefficient (Wildman–Crippen LogP) is 4.25. The molecular formula is C22H24BrN5O3. The minimum atomic E-state index is -0.489. The van der Waals surface area contributed by atoms with Gasteiger partial charge in [0.1, 0.15) is 5.75 Å². The van der Waals surface area contributed by atoms with Gasteiger partial charge in [0.2, 0.25) is 5.88 Å². The molecule has 2 aromatic carbocycles. The molecule has 1 saturated heterocycles. The van der Waals surface area contributed by atoms with Crippen molar-refractivity contribution in [1.29, 1.82) is 0 Å². The van der Waals surface area contributed by atoms with E-state index in [1.807, 2.05) is 22.8 Å². The summed E-state index contributed by atoms with van der Waals surface area (Å²) < 4.78 is 7.79. The van der Waals surface area contributed by atoms with Gasteiger partial charge in [-0.15, -0.1) is 10.2 Å². The predicted molar refractivity (Wildman–Crippen MR) is 122 cm³/mol. The summed E-state index contributed by atoms with van der Waals surface area (Å²) in [6.45, 7) is 4.33. The van der Waals surface area contributed by atoms with Crippen LogP contribution in [0.3, 0.4) is 0 Å². The number of ether oxygens (including phenoxy) is 1. The van der Waals surface area contributed by atoms with Crippen LogP contribution in [0.15, 0.2) is 57.2 Å². The SMILES string of the molecule is COc1ccc(C(=O)N=Nc2c(O)n(CN3CCN(C)CC3)c3ccc(Br)cc23)cc1. The quantitative estimate of drug-likeness (QED) is 0.546. The van der Waals surface area contributed by atoms with Gasteiger partial charge in [-0.2, -0.15) is 0 Å². The van der Waals surface area contributed by atoms with Crippen LogP contribution in [0.25, 0.3) is 10.9 Å². The molecule has 162 valence electrons. The van der Waals surface area contributed by atoms with E-state index < -0.39 is 5.91 Å². The van der Waals surface area contributed by atoms with Gasteiger partial charge in [-0.25, -0.2) is 0 Å². The molecule has 1 aromatic heterocycles. The standard InChI is InChI=1S/C22H24BrN5O3/c1-26-9-11-27(12-10-26)14-28-19-8-5-16(23)13-18(19)20(22(28)30)24-25-21(29)15-3-6-17(31-2)7-4-15/h3-8,13,30H,9-12,14H2,1-2H3. The molecule has 0 aliphatic carbocycles. The second kappa shape index (κ2) is 9.17. The molecule has 1 N–H and O–H groups in total. The highest BCUT2D eigenvalue weighted by atomic mass is 79.9. The third-order valence-corrected chi connectivity index (χ3v) is 5.98. The Hall–Kier alpha value is -2.75. The molecule has 9 heteroatoms. The number of halogens is 1. The zero-order valence-corrected chi connectivity index (χ0v) is 19.0. The number of likely N-dealkylation sites (N-methyl/N-ethyl adjacent to an activating group) is 1. The van der Waals surface area contributed by atoms with Gasteiger partial charge in [-0.05, 0) is 49.5 Å². The van der Waals surface area contributed by atoms with Crippen molar-refractivity contribution in [2.75, 3.05) is 40.3 Å². The average molecular weight is 486 g/mol. The Balaban J connectivity index is 1.65. The maximum Gasteiger partial charge on any atom is 0.295 e. The molecule has 0 radical (unpaired) electrons. The molecule has 3 aromatic rings. The van der Waals surface area contributed by atoms with Crippen LogP contribution in [0.1, 0.15) is 10.4 Å². The largest absolute Gasteiger partial charge is 0.497 e. The van der Waals surface area contributed by atoms with Gasteiger partial charge in [0.15, 0.2) is 5.69 Å². The average Bonchev–Trinajstić information content (AvgIpc) is 3.03. The number of methoxy groups -OCH3 is 1. The Kier molecular flexibility index (Phi) is 6.35. The lowest BCUT2D eigenvalue weighted by Crippen LogP contribution is -2.44. The molecule has 0 unspecified atom stereocenters. The Morgan fingerprint density at radius 2 is 1.84 bits per heavy atom. The van der Waals surface area contributed by atoms with Crippen LogP contribution < -0.4 is 4.74 Å². The zero-order chi connectivity index (χ0) is 22.0. The topological polar surface area (TPSA) is 82.7 Å². The Morgan fingerprint density at radius 1 is 1.13 bits per heavy atom. The number of carbonyl (C=O) groups is 1. The van der Waals surface area contributed by atoms with E-state index in [-0.39, 0.29) is 11.6 Å². The van der Waals surface area contributed by atoms with Gasteiger partial charge in [0.25, 0.3) is 5.91 Å². The maximum atomic E-state index is 12.5. The number of amides is 1. The molecule has 0 bridgehead atoms. The number of benzene rings is 2. The minimum absolute atomic E-state index is 0.00157. The Morgan fingerprint density at radius 3 is 2.52 bits per heavy atom. The first-order valence-electron chi connectivity index (χ1n) is 9.98. The minimum Gasteiger partial charge on any atom is -0.497 e. The van der Waals surface area contributed by atoms with E-state index in [0.717, 1.165) is 41.6 Å². The van der Waals surface area contributed by atoms with E-state index in [1.165, 1.54) is 0 Å². The third kappa shape index (κ3) is 4.63. The number of piperazine rings is 1. The van der Waals surface area contributed by atoms with Crippen LogP contribution in [-0.4, -0.2) is 65.7 Å². The van der Waals surface area contributed by atoms with Crippen LogP contribution in [0.2, 0.25) is 0 Å². The summed E-state index contributed by atoms with van der Waals surface area (Å²) >= 11 is 3.48. The third-order valence-electron chi connectivity index (χ3n) is 5.49. The van der Waals surface area contributed by atoms with Crippen molar-refractivity contribution in [2.24, 2.45) is 10.2 Å².